The number of nitrogens with zero attached hydrogens (tertiary/aromatic N) is 2. The summed E-state index contributed by atoms with van der Waals surface area (Å²) < 4.78 is 0. The van der Waals surface area contributed by atoms with Crippen molar-refractivity contribution in [3.63, 3.8) is 0 Å². The van der Waals surface area contributed by atoms with Crippen LogP contribution in [0.1, 0.15) is 5.56 Å². The van der Waals surface area contributed by atoms with Crippen molar-refractivity contribution in [2.75, 3.05) is 7.05 Å². The van der Waals surface area contributed by atoms with Crippen molar-refractivity contribution in [2.24, 2.45) is 0 Å². The van der Waals surface area contributed by atoms with Crippen molar-refractivity contribution in [1.82, 2.24) is 15.2 Å². The molecule has 2 aromatic rings. The van der Waals surface area contributed by atoms with E-state index in [1.807, 2.05) is 24.6 Å². The van der Waals surface area contributed by atoms with Crippen LogP contribution in [0.15, 0.2) is 24.7 Å². The second kappa shape index (κ2) is 4.02. The Bertz CT molecular complexity index is 511. The molecule has 0 aliphatic carbocycles. The van der Waals surface area contributed by atoms with Crippen LogP contribution in [-0.4, -0.2) is 28.4 Å². The lowest BCUT2D eigenvalue weighted by Crippen LogP contribution is -2.72. The van der Waals surface area contributed by atoms with Gasteiger partial charge in [-0.3, -0.25) is 10.1 Å². The van der Waals surface area contributed by atoms with Gasteiger partial charge in [0.2, 0.25) is 0 Å². The van der Waals surface area contributed by atoms with Crippen molar-refractivity contribution >= 4 is 22.8 Å². The fraction of sp³-hybridized carbons (Fsp3) is 0.100. The highest BCUT2D eigenvalue weighted by atomic mass is 15.1. The number of aromatic amines is 1. The van der Waals surface area contributed by atoms with Gasteiger partial charge in [0.1, 0.15) is 11.7 Å². The minimum atomic E-state index is 0.835. The highest BCUT2D eigenvalue weighted by molar-refractivity contribution is 6.08. The molecule has 0 radical (unpaired) electrons. The Morgan fingerprint density at radius 1 is 1.53 bits per heavy atom. The second-order valence-corrected chi connectivity index (χ2v) is 3.13. The molecule has 0 atom stereocenters. The highest BCUT2D eigenvalue weighted by Gasteiger charge is 2.03. The largest absolute Gasteiger partial charge is 0.322 e. The van der Waals surface area contributed by atoms with E-state index in [1.165, 1.54) is 6.21 Å². The van der Waals surface area contributed by atoms with E-state index in [-0.39, 0.29) is 0 Å². The average molecular weight is 202 g/mol. The molecule has 76 valence electrons. The smallest absolute Gasteiger partial charge is 0.108 e. The molecular weight excluding hydrogens is 190 g/mol. The minimum Gasteiger partial charge on any atom is -0.322 e. The van der Waals surface area contributed by atoms with Crippen LogP contribution in [0.5, 0.6) is 0 Å². The second-order valence-electron chi connectivity index (χ2n) is 3.13. The third-order valence-corrected chi connectivity index (χ3v) is 2.13. The summed E-state index contributed by atoms with van der Waals surface area (Å²) in [5, 5.41) is 16.0. The lowest BCUT2D eigenvalue weighted by molar-refractivity contribution is -0.555. The number of nitrogens with two attached hydrogens (primary N) is 1. The summed E-state index contributed by atoms with van der Waals surface area (Å²) in [6, 6.07) is 1.94. The van der Waals surface area contributed by atoms with Gasteiger partial charge in [-0.05, 0) is 6.07 Å². The lowest BCUT2D eigenvalue weighted by Gasteiger charge is -1.98. The van der Waals surface area contributed by atoms with Crippen molar-refractivity contribution in [2.45, 2.75) is 0 Å². The molecule has 5 nitrogen and oxygen atoms in total. The highest BCUT2D eigenvalue weighted by Crippen LogP contribution is 2.14. The number of H-pyrrole nitrogens is 1. The zero-order valence-electron chi connectivity index (χ0n) is 8.36. The summed E-state index contributed by atoms with van der Waals surface area (Å²) in [7, 11) is 1.92. The molecule has 0 amide bonds. The molecule has 0 bridgehead atoms. The minimum absolute atomic E-state index is 0.835. The number of fused-ring (bicyclic) bond motifs is 1. The summed E-state index contributed by atoms with van der Waals surface area (Å²) in [6.45, 7) is 0. The number of hydrogen-bond acceptors (Lipinski definition) is 3. The molecule has 0 aliphatic heterocycles. The van der Waals surface area contributed by atoms with E-state index in [1.54, 1.807) is 12.4 Å². The molecule has 0 saturated carbocycles. The molecule has 5 heteroatoms. The first-order valence-corrected chi connectivity index (χ1v) is 4.65. The summed E-state index contributed by atoms with van der Waals surface area (Å²) in [6.07, 6.45) is 6.63. The zero-order chi connectivity index (χ0) is 10.7. The van der Waals surface area contributed by atoms with Crippen molar-refractivity contribution in [3.8, 4) is 0 Å². The van der Waals surface area contributed by atoms with Crippen LogP contribution >= 0.6 is 0 Å². The van der Waals surface area contributed by atoms with E-state index >= 15 is 0 Å². The third kappa shape index (κ3) is 1.77. The Morgan fingerprint density at radius 3 is 3.13 bits per heavy atom. The molecule has 0 aliphatic rings. The molecule has 0 saturated heterocycles. The lowest BCUT2D eigenvalue weighted by atomic mass is 10.1. The van der Waals surface area contributed by atoms with Crippen LogP contribution in [0.2, 0.25) is 0 Å². The Labute approximate surface area is 86.7 Å². The molecule has 0 fully saturated rings. The number of nitrogens with one attached hydrogen (secondary N) is 2. The van der Waals surface area contributed by atoms with Gasteiger partial charge in [0, 0.05) is 18.0 Å². The van der Waals surface area contributed by atoms with Crippen LogP contribution in [0, 0.1) is 5.41 Å². The molecule has 2 heterocycles. The Kier molecular flexibility index (Phi) is 2.55. The molecule has 0 unspecified atom stereocenters. The summed E-state index contributed by atoms with van der Waals surface area (Å²) in [4.78, 5) is 4.24. The van der Waals surface area contributed by atoms with E-state index in [0.29, 0.717) is 0 Å². The molecule has 0 aromatic carbocycles. The zero-order valence-corrected chi connectivity index (χ0v) is 8.36. The van der Waals surface area contributed by atoms with Gasteiger partial charge in [-0.15, -0.1) is 0 Å². The van der Waals surface area contributed by atoms with Gasteiger partial charge in [-0.25, -0.2) is 0 Å². The quantitative estimate of drug-likeness (QED) is 0.619. The topological polar surface area (TPSA) is 82.0 Å². The number of aromatic nitrogens is 3. The SMILES string of the molecule is C[NH2+]C=C(C=N)c1cnc2cn[nH]c2c1. The maximum absolute atomic E-state index is 7.30. The van der Waals surface area contributed by atoms with E-state index in [0.717, 1.165) is 22.2 Å². The first-order valence-electron chi connectivity index (χ1n) is 4.65. The van der Waals surface area contributed by atoms with Gasteiger partial charge < -0.3 is 10.7 Å². The van der Waals surface area contributed by atoms with Gasteiger partial charge in [0.25, 0.3) is 0 Å². The number of quaternary nitrogens is 1. The van der Waals surface area contributed by atoms with Crippen LogP contribution in [-0.2, 0) is 0 Å². The average Bonchev–Trinajstić information content (AvgIpc) is 2.72. The number of pyridine rings is 1. The molecule has 2 aromatic heterocycles. The van der Waals surface area contributed by atoms with E-state index in [9.17, 15) is 0 Å². The number of rotatable bonds is 3. The summed E-state index contributed by atoms with van der Waals surface area (Å²) in [5.41, 5.74) is 3.47. The molecule has 2 rings (SSSR count). The van der Waals surface area contributed by atoms with E-state index in [4.69, 9.17) is 5.41 Å². The third-order valence-electron chi connectivity index (χ3n) is 2.13. The Balaban J connectivity index is 2.51. The number of hydrogen-bond donors (Lipinski definition) is 3. The monoisotopic (exact) mass is 202 g/mol. The summed E-state index contributed by atoms with van der Waals surface area (Å²) in [5.74, 6) is 0. The number of allylic oxidation sites excluding steroid dienone is 1. The fourth-order valence-corrected chi connectivity index (χ4v) is 1.40. The maximum Gasteiger partial charge on any atom is 0.108 e. The van der Waals surface area contributed by atoms with Gasteiger partial charge in [-0.1, -0.05) is 0 Å². The Hall–Kier alpha value is -2.01. The van der Waals surface area contributed by atoms with E-state index < -0.39 is 0 Å². The first-order chi connectivity index (χ1) is 7.35. The van der Waals surface area contributed by atoms with Crippen LogP contribution in [0.3, 0.4) is 0 Å². The van der Waals surface area contributed by atoms with Gasteiger partial charge in [0.15, 0.2) is 0 Å². The van der Waals surface area contributed by atoms with Crippen LogP contribution in [0.4, 0.5) is 0 Å². The predicted molar refractivity (Wildman–Crippen MR) is 58.5 cm³/mol. The van der Waals surface area contributed by atoms with Gasteiger partial charge in [0.05, 0.1) is 24.3 Å². The normalized spacial score (nSPS) is 11.9. The molecule has 4 N–H and O–H groups in total. The van der Waals surface area contributed by atoms with Gasteiger partial charge >= 0.3 is 0 Å². The van der Waals surface area contributed by atoms with Crippen LogP contribution in [0.25, 0.3) is 16.6 Å². The molecule has 15 heavy (non-hydrogen) atoms. The van der Waals surface area contributed by atoms with Crippen LogP contribution < -0.4 is 5.32 Å². The van der Waals surface area contributed by atoms with Crippen molar-refractivity contribution < 1.29 is 5.32 Å². The maximum atomic E-state index is 7.30. The van der Waals surface area contributed by atoms with Gasteiger partial charge in [-0.2, -0.15) is 5.10 Å². The fourth-order valence-electron chi connectivity index (χ4n) is 1.40. The first kappa shape index (κ1) is 9.54. The standard InChI is InChI=1S/C10H11N5/c1-12-4-8(3-11)7-2-9-10(13-5-7)6-14-15-9/h2-6,11-12H,1H3,(H,14,15)/p+1. The molecule has 0 spiro atoms. The van der Waals surface area contributed by atoms with Crippen molar-refractivity contribution in [3.05, 3.63) is 30.2 Å². The predicted octanol–water partition coefficient (Wildman–Crippen LogP) is 0.142. The van der Waals surface area contributed by atoms with E-state index in [2.05, 4.69) is 15.2 Å². The van der Waals surface area contributed by atoms with Crippen molar-refractivity contribution in [1.29, 1.82) is 5.41 Å². The summed E-state index contributed by atoms with van der Waals surface area (Å²) >= 11 is 0. The Morgan fingerprint density at radius 2 is 2.40 bits per heavy atom. The molecular formula is C10H12N5+.